The number of carbonyl (C=O) groups is 1. The fourth-order valence-corrected chi connectivity index (χ4v) is 4.62. The van der Waals surface area contributed by atoms with E-state index in [1.165, 1.54) is 24.6 Å². The molecule has 0 aliphatic carbocycles. The lowest BCUT2D eigenvalue weighted by molar-refractivity contribution is 0.129. The summed E-state index contributed by atoms with van der Waals surface area (Å²) in [5, 5.41) is 7.61. The standard InChI is InChI=1S/C18H31N5OS/c1-4-15(3)23-17(13-14(2)20-23)19-18(24)22-7-5-16(6-8-22)21-9-11-25-12-10-21/h13,15-16H,4-12H2,1-3H3,(H,19,24). The molecule has 0 spiro atoms. The van der Waals surface area contributed by atoms with Gasteiger partial charge in [-0.1, -0.05) is 6.92 Å². The predicted octanol–water partition coefficient (Wildman–Crippen LogP) is 3.21. The van der Waals surface area contributed by atoms with E-state index in [-0.39, 0.29) is 12.1 Å². The Balaban J connectivity index is 1.54. The van der Waals surface area contributed by atoms with Crippen molar-refractivity contribution in [3.63, 3.8) is 0 Å². The molecule has 2 fully saturated rings. The lowest BCUT2D eigenvalue weighted by atomic mass is 10.0. The van der Waals surface area contributed by atoms with E-state index in [4.69, 9.17) is 0 Å². The maximum absolute atomic E-state index is 12.7. The quantitative estimate of drug-likeness (QED) is 0.890. The zero-order chi connectivity index (χ0) is 17.8. The summed E-state index contributed by atoms with van der Waals surface area (Å²) in [6.07, 6.45) is 3.16. The van der Waals surface area contributed by atoms with Crippen molar-refractivity contribution in [1.29, 1.82) is 0 Å². The highest BCUT2D eigenvalue weighted by Crippen LogP contribution is 2.22. The zero-order valence-corrected chi connectivity index (χ0v) is 16.5. The second-order valence-corrected chi connectivity index (χ2v) is 8.39. The van der Waals surface area contributed by atoms with Crippen molar-refractivity contribution < 1.29 is 4.79 Å². The van der Waals surface area contributed by atoms with Crippen molar-refractivity contribution >= 4 is 23.6 Å². The number of amides is 2. The van der Waals surface area contributed by atoms with Crippen molar-refractivity contribution in [3.05, 3.63) is 11.8 Å². The van der Waals surface area contributed by atoms with Gasteiger partial charge < -0.3 is 4.90 Å². The summed E-state index contributed by atoms with van der Waals surface area (Å²) in [5.74, 6) is 3.31. The highest BCUT2D eigenvalue weighted by Gasteiger charge is 2.28. The van der Waals surface area contributed by atoms with Gasteiger partial charge in [-0.05, 0) is 33.1 Å². The molecule has 7 heteroatoms. The van der Waals surface area contributed by atoms with Crippen molar-refractivity contribution in [1.82, 2.24) is 19.6 Å². The number of hydrogen-bond acceptors (Lipinski definition) is 4. The van der Waals surface area contributed by atoms with Crippen molar-refractivity contribution in [2.24, 2.45) is 0 Å². The van der Waals surface area contributed by atoms with E-state index in [1.54, 1.807) is 0 Å². The summed E-state index contributed by atoms with van der Waals surface area (Å²) in [6, 6.07) is 2.91. The van der Waals surface area contributed by atoms with Gasteiger partial charge in [0.2, 0.25) is 0 Å². The monoisotopic (exact) mass is 365 g/mol. The summed E-state index contributed by atoms with van der Waals surface area (Å²) in [4.78, 5) is 17.3. The summed E-state index contributed by atoms with van der Waals surface area (Å²) < 4.78 is 1.94. The van der Waals surface area contributed by atoms with Crippen LogP contribution in [0.1, 0.15) is 44.8 Å². The van der Waals surface area contributed by atoms with Gasteiger partial charge in [0, 0.05) is 49.8 Å². The van der Waals surface area contributed by atoms with E-state index in [1.807, 2.05) is 22.6 Å². The maximum Gasteiger partial charge on any atom is 0.323 e. The van der Waals surface area contributed by atoms with Crippen LogP contribution in [0.4, 0.5) is 10.6 Å². The van der Waals surface area contributed by atoms with Gasteiger partial charge in [0.05, 0.1) is 11.7 Å². The van der Waals surface area contributed by atoms with E-state index in [0.717, 1.165) is 43.9 Å². The van der Waals surface area contributed by atoms with E-state index < -0.39 is 0 Å². The number of nitrogens with one attached hydrogen (secondary N) is 1. The highest BCUT2D eigenvalue weighted by molar-refractivity contribution is 7.99. The Hall–Kier alpha value is -1.21. The van der Waals surface area contributed by atoms with Crippen molar-refractivity contribution in [2.45, 2.75) is 52.1 Å². The number of nitrogens with zero attached hydrogens (tertiary/aromatic N) is 4. The Morgan fingerprint density at radius 3 is 2.64 bits per heavy atom. The molecule has 2 aliphatic heterocycles. The number of likely N-dealkylation sites (tertiary alicyclic amines) is 1. The number of piperidine rings is 1. The molecule has 0 radical (unpaired) electrons. The molecule has 1 aromatic rings. The molecule has 1 atom stereocenters. The molecule has 3 heterocycles. The lowest BCUT2D eigenvalue weighted by Gasteiger charge is -2.40. The van der Waals surface area contributed by atoms with Gasteiger partial charge in [-0.15, -0.1) is 0 Å². The molecule has 0 aromatic carbocycles. The van der Waals surface area contributed by atoms with E-state index in [0.29, 0.717) is 6.04 Å². The first-order valence-electron chi connectivity index (χ1n) is 9.52. The average molecular weight is 366 g/mol. The van der Waals surface area contributed by atoms with E-state index >= 15 is 0 Å². The van der Waals surface area contributed by atoms with Crippen LogP contribution in [0.25, 0.3) is 0 Å². The fourth-order valence-electron chi connectivity index (χ4n) is 3.68. The Labute approximate surface area is 155 Å². The predicted molar refractivity (Wildman–Crippen MR) is 104 cm³/mol. The van der Waals surface area contributed by atoms with Gasteiger partial charge in [0.25, 0.3) is 0 Å². The van der Waals surface area contributed by atoms with Gasteiger partial charge in [0.15, 0.2) is 0 Å². The largest absolute Gasteiger partial charge is 0.324 e. The number of urea groups is 1. The first-order chi connectivity index (χ1) is 12.1. The Bertz CT molecular complexity index is 576. The van der Waals surface area contributed by atoms with Crippen LogP contribution in [0.15, 0.2) is 6.07 Å². The highest BCUT2D eigenvalue weighted by atomic mass is 32.2. The second kappa shape index (κ2) is 8.45. The van der Waals surface area contributed by atoms with Crippen LogP contribution >= 0.6 is 11.8 Å². The van der Waals surface area contributed by atoms with Gasteiger partial charge in [-0.2, -0.15) is 16.9 Å². The third-order valence-corrected chi connectivity index (χ3v) is 6.36. The number of carbonyl (C=O) groups excluding carboxylic acids is 1. The van der Waals surface area contributed by atoms with Crippen LogP contribution in [0.5, 0.6) is 0 Å². The number of aromatic nitrogens is 2. The van der Waals surface area contributed by atoms with Crippen LogP contribution in [0.2, 0.25) is 0 Å². The topological polar surface area (TPSA) is 53.4 Å². The number of thioether (sulfide) groups is 1. The minimum atomic E-state index is 0.0112. The number of hydrogen-bond donors (Lipinski definition) is 1. The van der Waals surface area contributed by atoms with Gasteiger partial charge in [-0.3, -0.25) is 10.2 Å². The number of anilines is 1. The molecule has 1 aromatic heterocycles. The third kappa shape index (κ3) is 4.50. The van der Waals surface area contributed by atoms with Crippen LogP contribution < -0.4 is 5.32 Å². The van der Waals surface area contributed by atoms with Gasteiger partial charge >= 0.3 is 6.03 Å². The molecule has 2 aliphatic rings. The average Bonchev–Trinajstić information content (AvgIpc) is 3.02. The third-order valence-electron chi connectivity index (χ3n) is 5.41. The van der Waals surface area contributed by atoms with Crippen molar-refractivity contribution in [2.75, 3.05) is 43.0 Å². The van der Waals surface area contributed by atoms with E-state index in [9.17, 15) is 4.79 Å². The molecular weight excluding hydrogens is 334 g/mol. The Morgan fingerprint density at radius 2 is 2.00 bits per heavy atom. The first kappa shape index (κ1) is 18.6. The summed E-state index contributed by atoms with van der Waals surface area (Å²) in [7, 11) is 0. The smallest absolute Gasteiger partial charge is 0.323 e. The van der Waals surface area contributed by atoms with E-state index in [2.05, 4.69) is 40.9 Å². The molecule has 140 valence electrons. The van der Waals surface area contributed by atoms with Crippen LogP contribution in [0.3, 0.4) is 0 Å². The molecule has 1 unspecified atom stereocenters. The van der Waals surface area contributed by atoms with Gasteiger partial charge in [-0.25, -0.2) is 9.48 Å². The number of rotatable bonds is 4. The molecule has 0 saturated carbocycles. The molecule has 6 nitrogen and oxygen atoms in total. The molecule has 1 N–H and O–H groups in total. The molecule has 2 amide bonds. The van der Waals surface area contributed by atoms with Crippen LogP contribution in [-0.2, 0) is 0 Å². The summed E-state index contributed by atoms with van der Waals surface area (Å²) in [5.41, 5.74) is 0.942. The minimum Gasteiger partial charge on any atom is -0.324 e. The maximum atomic E-state index is 12.7. The Kier molecular flexibility index (Phi) is 6.28. The number of aryl methyl sites for hydroxylation is 1. The molecule has 3 rings (SSSR count). The lowest BCUT2D eigenvalue weighted by Crippen LogP contribution is -2.49. The SMILES string of the molecule is CCC(C)n1nc(C)cc1NC(=O)N1CCC(N2CCSCC2)CC1. The normalized spacial score (nSPS) is 21.3. The molecule has 25 heavy (non-hydrogen) atoms. The van der Waals surface area contributed by atoms with Gasteiger partial charge in [0.1, 0.15) is 5.82 Å². The van der Waals surface area contributed by atoms with Crippen LogP contribution in [-0.4, -0.2) is 69.3 Å². The fraction of sp³-hybridized carbons (Fsp3) is 0.778. The summed E-state index contributed by atoms with van der Waals surface area (Å²) >= 11 is 2.05. The van der Waals surface area contributed by atoms with Crippen LogP contribution in [0, 0.1) is 6.92 Å². The first-order valence-corrected chi connectivity index (χ1v) is 10.7. The Morgan fingerprint density at radius 1 is 1.32 bits per heavy atom. The zero-order valence-electron chi connectivity index (χ0n) is 15.7. The van der Waals surface area contributed by atoms with Crippen molar-refractivity contribution in [3.8, 4) is 0 Å². The second-order valence-electron chi connectivity index (χ2n) is 7.17. The molecule has 0 bridgehead atoms. The molecule has 2 saturated heterocycles. The molecular formula is C18H31N5OS. The minimum absolute atomic E-state index is 0.0112. The summed E-state index contributed by atoms with van der Waals surface area (Å²) in [6.45, 7) is 10.3.